The quantitative estimate of drug-likeness (QED) is 0.825. The second-order valence-corrected chi connectivity index (χ2v) is 5.21. The van der Waals surface area contributed by atoms with Crippen molar-refractivity contribution in [3.05, 3.63) is 18.1 Å². The predicted molar refractivity (Wildman–Crippen MR) is 68.3 cm³/mol. The summed E-state index contributed by atoms with van der Waals surface area (Å²) in [4.78, 5) is 20.3. The van der Waals surface area contributed by atoms with E-state index in [4.69, 9.17) is 0 Å². The highest BCUT2D eigenvalue weighted by Gasteiger charge is 2.42. The summed E-state index contributed by atoms with van der Waals surface area (Å²) in [5.41, 5.74) is 0.403. The molecule has 0 atom stereocenters. The van der Waals surface area contributed by atoms with Crippen LogP contribution in [0.25, 0.3) is 0 Å². The minimum atomic E-state index is -0.0889. The van der Waals surface area contributed by atoms with Crippen LogP contribution in [0, 0.1) is 11.8 Å². The number of hydrogen-bond donors (Lipinski definition) is 2. The topological polar surface area (TPSA) is 66.9 Å². The molecular weight excluding hydrogens is 228 g/mol. The lowest BCUT2D eigenvalue weighted by molar-refractivity contribution is 0.0921. The van der Waals surface area contributed by atoms with Crippen molar-refractivity contribution in [2.75, 3.05) is 12.4 Å². The van der Waals surface area contributed by atoms with Gasteiger partial charge < -0.3 is 10.6 Å². The van der Waals surface area contributed by atoms with Crippen molar-refractivity contribution in [2.45, 2.75) is 31.7 Å². The van der Waals surface area contributed by atoms with Crippen molar-refractivity contribution in [3.8, 4) is 0 Å². The van der Waals surface area contributed by atoms with E-state index in [1.54, 1.807) is 13.2 Å². The molecule has 2 aliphatic rings. The van der Waals surface area contributed by atoms with Crippen LogP contribution in [-0.2, 0) is 0 Å². The Morgan fingerprint density at radius 3 is 2.33 bits per heavy atom. The van der Waals surface area contributed by atoms with Crippen molar-refractivity contribution in [1.82, 2.24) is 15.3 Å². The number of hydrogen-bond acceptors (Lipinski definition) is 4. The average molecular weight is 246 g/mol. The van der Waals surface area contributed by atoms with Gasteiger partial charge >= 0.3 is 0 Å². The first-order chi connectivity index (χ1) is 8.78. The molecule has 1 aromatic rings. The van der Waals surface area contributed by atoms with Crippen LogP contribution in [0.3, 0.4) is 0 Å². The summed E-state index contributed by atoms with van der Waals surface area (Å²) in [6.45, 7) is 0. The van der Waals surface area contributed by atoms with Crippen LogP contribution < -0.4 is 10.6 Å². The zero-order chi connectivity index (χ0) is 12.5. The van der Waals surface area contributed by atoms with E-state index in [1.807, 2.05) is 0 Å². The number of carbonyl (C=O) groups excluding carboxylic acids is 1. The molecule has 2 saturated carbocycles. The van der Waals surface area contributed by atoms with E-state index in [0.29, 0.717) is 29.4 Å². The summed E-state index contributed by atoms with van der Waals surface area (Å²) >= 11 is 0. The molecule has 5 heteroatoms. The lowest BCUT2D eigenvalue weighted by Gasteiger charge is -2.17. The summed E-state index contributed by atoms with van der Waals surface area (Å²) in [7, 11) is 1.78. The minimum absolute atomic E-state index is 0.0889. The Bertz CT molecular complexity index is 425. The lowest BCUT2D eigenvalue weighted by atomic mass is 10.1. The minimum Gasteiger partial charge on any atom is -0.372 e. The van der Waals surface area contributed by atoms with Gasteiger partial charge in [0.1, 0.15) is 11.5 Å². The molecule has 0 saturated heterocycles. The number of anilines is 1. The van der Waals surface area contributed by atoms with Gasteiger partial charge in [-0.1, -0.05) is 0 Å². The Morgan fingerprint density at radius 2 is 1.89 bits per heavy atom. The molecule has 0 bridgehead atoms. The van der Waals surface area contributed by atoms with Gasteiger partial charge in [-0.2, -0.15) is 0 Å². The highest BCUT2D eigenvalue weighted by Crippen LogP contribution is 2.44. The van der Waals surface area contributed by atoms with Gasteiger partial charge in [0.15, 0.2) is 0 Å². The van der Waals surface area contributed by atoms with Crippen molar-refractivity contribution in [1.29, 1.82) is 0 Å². The van der Waals surface area contributed by atoms with Gasteiger partial charge in [-0.25, -0.2) is 9.97 Å². The van der Waals surface area contributed by atoms with E-state index in [2.05, 4.69) is 20.6 Å². The SMILES string of the molecule is CNc1cnc(C(=O)NC(C2CC2)C2CC2)cn1. The maximum Gasteiger partial charge on any atom is 0.271 e. The maximum absolute atomic E-state index is 12.1. The normalized spacial score (nSPS) is 18.8. The molecule has 2 N–H and O–H groups in total. The smallest absolute Gasteiger partial charge is 0.271 e. The van der Waals surface area contributed by atoms with Crippen LogP contribution >= 0.6 is 0 Å². The molecule has 18 heavy (non-hydrogen) atoms. The van der Waals surface area contributed by atoms with Gasteiger partial charge in [-0.15, -0.1) is 0 Å². The molecule has 2 fully saturated rings. The number of amides is 1. The molecule has 1 amide bonds. The third-order valence-corrected chi connectivity index (χ3v) is 3.70. The molecule has 1 heterocycles. The fourth-order valence-corrected chi connectivity index (χ4v) is 2.33. The Labute approximate surface area is 106 Å². The van der Waals surface area contributed by atoms with Crippen LogP contribution in [0.15, 0.2) is 12.4 Å². The van der Waals surface area contributed by atoms with Gasteiger partial charge in [0.05, 0.1) is 12.4 Å². The van der Waals surface area contributed by atoms with Crippen LogP contribution in [0.2, 0.25) is 0 Å². The number of nitrogens with zero attached hydrogens (tertiary/aromatic N) is 2. The average Bonchev–Trinajstić information content (AvgIpc) is 3.29. The number of carbonyl (C=O) groups is 1. The van der Waals surface area contributed by atoms with Crippen molar-refractivity contribution >= 4 is 11.7 Å². The van der Waals surface area contributed by atoms with E-state index in [9.17, 15) is 4.79 Å². The van der Waals surface area contributed by atoms with E-state index in [1.165, 1.54) is 31.9 Å². The lowest BCUT2D eigenvalue weighted by Crippen LogP contribution is -2.38. The Kier molecular flexibility index (Phi) is 2.89. The monoisotopic (exact) mass is 246 g/mol. The standard InChI is InChI=1S/C13H18N4O/c1-14-11-7-15-10(6-16-11)13(18)17-12(8-2-3-8)9-4-5-9/h6-9,12H,2-5H2,1H3,(H,14,16)(H,17,18). The zero-order valence-electron chi connectivity index (χ0n) is 10.5. The number of aromatic nitrogens is 2. The zero-order valence-corrected chi connectivity index (χ0v) is 10.5. The van der Waals surface area contributed by atoms with E-state index in [0.717, 1.165) is 0 Å². The summed E-state index contributed by atoms with van der Waals surface area (Å²) < 4.78 is 0. The van der Waals surface area contributed by atoms with Crippen LogP contribution in [0.4, 0.5) is 5.82 Å². The van der Waals surface area contributed by atoms with Gasteiger partial charge in [0, 0.05) is 13.1 Å². The van der Waals surface area contributed by atoms with Crippen molar-refractivity contribution in [3.63, 3.8) is 0 Å². The summed E-state index contributed by atoms with van der Waals surface area (Å²) in [5.74, 6) is 1.98. The van der Waals surface area contributed by atoms with E-state index >= 15 is 0 Å². The fourth-order valence-electron chi connectivity index (χ4n) is 2.33. The molecule has 3 rings (SSSR count). The van der Waals surface area contributed by atoms with Crippen molar-refractivity contribution < 1.29 is 4.79 Å². The van der Waals surface area contributed by atoms with Gasteiger partial charge in [0.25, 0.3) is 5.91 Å². The van der Waals surface area contributed by atoms with Crippen molar-refractivity contribution in [2.24, 2.45) is 11.8 Å². The van der Waals surface area contributed by atoms with Gasteiger partial charge in [0.2, 0.25) is 0 Å². The third kappa shape index (κ3) is 2.44. The van der Waals surface area contributed by atoms with Crippen LogP contribution in [0.5, 0.6) is 0 Å². The molecule has 0 aliphatic heterocycles. The molecule has 1 aromatic heterocycles. The van der Waals surface area contributed by atoms with E-state index in [-0.39, 0.29) is 5.91 Å². The molecule has 2 aliphatic carbocycles. The largest absolute Gasteiger partial charge is 0.372 e. The molecular formula is C13H18N4O. The molecule has 0 radical (unpaired) electrons. The number of nitrogens with one attached hydrogen (secondary N) is 2. The summed E-state index contributed by atoms with van der Waals surface area (Å²) in [5, 5.41) is 6.02. The first kappa shape index (κ1) is 11.4. The Balaban J connectivity index is 1.65. The highest BCUT2D eigenvalue weighted by atomic mass is 16.2. The van der Waals surface area contributed by atoms with Gasteiger partial charge in [-0.3, -0.25) is 4.79 Å². The molecule has 0 aromatic carbocycles. The predicted octanol–water partition coefficient (Wildman–Crippen LogP) is 1.44. The van der Waals surface area contributed by atoms with E-state index < -0.39 is 0 Å². The first-order valence-corrected chi connectivity index (χ1v) is 6.58. The second-order valence-electron chi connectivity index (χ2n) is 5.21. The molecule has 96 valence electrons. The number of rotatable bonds is 5. The fraction of sp³-hybridized carbons (Fsp3) is 0.615. The first-order valence-electron chi connectivity index (χ1n) is 6.58. The Morgan fingerprint density at radius 1 is 1.22 bits per heavy atom. The Hall–Kier alpha value is -1.65. The highest BCUT2D eigenvalue weighted by molar-refractivity contribution is 5.92. The van der Waals surface area contributed by atoms with Crippen LogP contribution in [0.1, 0.15) is 36.2 Å². The maximum atomic E-state index is 12.1. The molecule has 0 spiro atoms. The second kappa shape index (κ2) is 4.55. The van der Waals surface area contributed by atoms with Crippen LogP contribution in [-0.4, -0.2) is 29.0 Å². The third-order valence-electron chi connectivity index (χ3n) is 3.70. The summed E-state index contributed by atoms with van der Waals surface area (Å²) in [6, 6.07) is 0.364. The molecule has 0 unspecified atom stereocenters. The van der Waals surface area contributed by atoms with Gasteiger partial charge in [-0.05, 0) is 37.5 Å². The summed E-state index contributed by atoms with van der Waals surface area (Å²) in [6.07, 6.45) is 8.13. The molecule has 5 nitrogen and oxygen atoms in total.